The van der Waals surface area contributed by atoms with Crippen molar-refractivity contribution in [2.75, 3.05) is 27.4 Å². The highest BCUT2D eigenvalue weighted by atomic mass is 16.6. The van der Waals surface area contributed by atoms with E-state index in [2.05, 4.69) is 0 Å². The van der Waals surface area contributed by atoms with E-state index in [1.807, 2.05) is 0 Å². The maximum absolute atomic E-state index is 12.3. The highest BCUT2D eigenvalue weighted by Gasteiger charge is 2.23. The topological polar surface area (TPSA) is 124 Å². The second-order valence-corrected chi connectivity index (χ2v) is 9.90. The van der Waals surface area contributed by atoms with E-state index < -0.39 is 23.1 Å². The van der Waals surface area contributed by atoms with E-state index in [9.17, 15) is 19.2 Å². The quantitative estimate of drug-likeness (QED) is 0.229. The van der Waals surface area contributed by atoms with Crippen molar-refractivity contribution < 1.29 is 47.6 Å². The molecule has 0 aliphatic rings. The van der Waals surface area contributed by atoms with Gasteiger partial charge in [-0.1, -0.05) is 0 Å². The Hall–Kier alpha value is -3.30. The molecule has 202 valence electrons. The predicted octanol–water partition coefficient (Wildman–Crippen LogP) is 4.26. The van der Waals surface area contributed by atoms with Crippen LogP contribution in [0.25, 0.3) is 0 Å². The molecule has 0 atom stereocenters. The first-order chi connectivity index (χ1) is 16.7. The lowest BCUT2D eigenvalue weighted by Crippen LogP contribution is -2.24. The number of esters is 4. The normalized spacial score (nSPS) is 11.3. The van der Waals surface area contributed by atoms with E-state index in [0.29, 0.717) is 12.8 Å². The summed E-state index contributed by atoms with van der Waals surface area (Å²) < 4.78 is 31.6. The molecule has 0 aliphatic carbocycles. The van der Waals surface area contributed by atoms with Gasteiger partial charge in [0, 0.05) is 18.9 Å². The van der Waals surface area contributed by atoms with Gasteiger partial charge in [0.1, 0.15) is 33.8 Å². The number of hydrogen-bond acceptors (Lipinski definition) is 10. The predicted molar refractivity (Wildman–Crippen MR) is 130 cm³/mol. The van der Waals surface area contributed by atoms with Gasteiger partial charge in [0.05, 0.1) is 27.4 Å². The van der Waals surface area contributed by atoms with Gasteiger partial charge >= 0.3 is 23.9 Å². The molecule has 0 unspecified atom stereocenters. The number of hydrogen-bond donors (Lipinski definition) is 0. The van der Waals surface area contributed by atoms with Crippen LogP contribution in [0.4, 0.5) is 0 Å². The van der Waals surface area contributed by atoms with Gasteiger partial charge in [-0.15, -0.1) is 0 Å². The third kappa shape index (κ3) is 11.4. The number of benzene rings is 1. The summed E-state index contributed by atoms with van der Waals surface area (Å²) in [6.07, 6.45) is 0.916. The van der Waals surface area contributed by atoms with Crippen LogP contribution in [-0.4, -0.2) is 62.5 Å². The molecule has 10 nitrogen and oxygen atoms in total. The van der Waals surface area contributed by atoms with Gasteiger partial charge in [-0.05, 0) is 60.5 Å². The van der Waals surface area contributed by atoms with E-state index >= 15 is 0 Å². The fourth-order valence-electron chi connectivity index (χ4n) is 2.92. The van der Waals surface area contributed by atoms with Crippen molar-refractivity contribution in [2.45, 2.75) is 78.4 Å². The first-order valence-electron chi connectivity index (χ1n) is 11.7. The minimum absolute atomic E-state index is 0.00345. The van der Waals surface area contributed by atoms with Crippen LogP contribution in [0.5, 0.6) is 11.5 Å². The Balaban J connectivity index is 2.97. The third-order valence-corrected chi connectivity index (χ3v) is 4.30. The van der Waals surface area contributed by atoms with Gasteiger partial charge < -0.3 is 28.4 Å². The smallest absolute Gasteiger partial charge is 0.341 e. The summed E-state index contributed by atoms with van der Waals surface area (Å²) in [6.45, 7) is 10.9. The molecule has 0 aliphatic heterocycles. The van der Waals surface area contributed by atoms with Crippen molar-refractivity contribution >= 4 is 23.9 Å². The maximum Gasteiger partial charge on any atom is 0.341 e. The maximum atomic E-state index is 12.3. The second-order valence-electron chi connectivity index (χ2n) is 9.90. The molecule has 0 aromatic heterocycles. The molecule has 0 heterocycles. The Morgan fingerprint density at radius 2 is 1.00 bits per heavy atom. The molecule has 0 fully saturated rings. The molecule has 0 saturated carbocycles. The number of rotatable bonds is 12. The van der Waals surface area contributed by atoms with Crippen molar-refractivity contribution in [2.24, 2.45) is 0 Å². The SMILES string of the molecule is COC(=O)c1cc(C(=O)OC)c(OCCCC(=O)OC(C)(C)C)cc1OCCCC(=O)OC(C)(C)C. The first-order valence-corrected chi connectivity index (χ1v) is 11.7. The van der Waals surface area contributed by atoms with Crippen LogP contribution in [-0.2, 0) is 28.5 Å². The van der Waals surface area contributed by atoms with Crippen LogP contribution >= 0.6 is 0 Å². The Morgan fingerprint density at radius 3 is 1.31 bits per heavy atom. The molecule has 0 N–H and O–H groups in total. The fourth-order valence-corrected chi connectivity index (χ4v) is 2.92. The molecule has 1 rings (SSSR count). The van der Waals surface area contributed by atoms with Gasteiger partial charge in [0.15, 0.2) is 0 Å². The van der Waals surface area contributed by atoms with Gasteiger partial charge in [-0.2, -0.15) is 0 Å². The van der Waals surface area contributed by atoms with Crippen molar-refractivity contribution in [3.05, 3.63) is 23.3 Å². The summed E-state index contributed by atoms with van der Waals surface area (Å²) in [7, 11) is 2.40. The number of carbonyl (C=O) groups excluding carboxylic acids is 4. The van der Waals surface area contributed by atoms with Crippen molar-refractivity contribution in [1.29, 1.82) is 0 Å². The summed E-state index contributed by atoms with van der Waals surface area (Å²) in [4.78, 5) is 48.5. The molecule has 0 bridgehead atoms. The molecule has 0 spiro atoms. The summed E-state index contributed by atoms with van der Waals surface area (Å²) in [6, 6.07) is 2.66. The van der Waals surface area contributed by atoms with E-state index in [0.717, 1.165) is 0 Å². The van der Waals surface area contributed by atoms with Crippen LogP contribution in [0, 0.1) is 0 Å². The molecule has 10 heteroatoms. The zero-order valence-corrected chi connectivity index (χ0v) is 22.5. The zero-order chi connectivity index (χ0) is 27.5. The second kappa shape index (κ2) is 13.7. The van der Waals surface area contributed by atoms with Gasteiger partial charge in [-0.25, -0.2) is 9.59 Å². The van der Waals surface area contributed by atoms with E-state index in [-0.39, 0.29) is 60.6 Å². The lowest BCUT2D eigenvalue weighted by atomic mass is 10.1. The standard InChI is InChI=1S/C26H38O10/c1-25(2,3)35-21(27)11-9-13-33-19-16-20(34-14-10-12-22(28)36-26(4,5)6)18(24(30)32-8)15-17(19)23(29)31-7/h15-16H,9-14H2,1-8H3. The van der Waals surface area contributed by atoms with Gasteiger partial charge in [0.2, 0.25) is 0 Å². The molecule has 0 amide bonds. The molecule has 0 radical (unpaired) electrons. The van der Waals surface area contributed by atoms with Crippen LogP contribution in [0.2, 0.25) is 0 Å². The molecule has 36 heavy (non-hydrogen) atoms. The average molecular weight is 511 g/mol. The fraction of sp³-hybridized carbons (Fsp3) is 0.615. The summed E-state index contributed by atoms with van der Waals surface area (Å²) in [5.41, 5.74) is -1.18. The largest absolute Gasteiger partial charge is 0.493 e. The lowest BCUT2D eigenvalue weighted by molar-refractivity contribution is -0.156. The third-order valence-electron chi connectivity index (χ3n) is 4.30. The Morgan fingerprint density at radius 1 is 0.639 bits per heavy atom. The van der Waals surface area contributed by atoms with E-state index in [1.54, 1.807) is 41.5 Å². The Labute approximate surface area is 212 Å². The summed E-state index contributed by atoms with van der Waals surface area (Å²) in [5.74, 6) is -1.96. The van der Waals surface area contributed by atoms with E-state index in [4.69, 9.17) is 28.4 Å². The minimum Gasteiger partial charge on any atom is -0.493 e. The van der Waals surface area contributed by atoms with E-state index in [1.165, 1.54) is 26.4 Å². The minimum atomic E-state index is -0.723. The Kier molecular flexibility index (Phi) is 11.7. The Bertz CT molecular complexity index is 851. The van der Waals surface area contributed by atoms with Crippen LogP contribution in [0.3, 0.4) is 0 Å². The molecular formula is C26H38O10. The van der Waals surface area contributed by atoms with Gasteiger partial charge in [0.25, 0.3) is 0 Å². The summed E-state index contributed by atoms with van der Waals surface area (Å²) >= 11 is 0. The molecule has 1 aromatic rings. The van der Waals surface area contributed by atoms with Crippen molar-refractivity contribution in [1.82, 2.24) is 0 Å². The molecular weight excluding hydrogens is 472 g/mol. The number of carbonyl (C=O) groups is 4. The monoisotopic (exact) mass is 510 g/mol. The zero-order valence-electron chi connectivity index (χ0n) is 22.5. The van der Waals surface area contributed by atoms with Gasteiger partial charge in [-0.3, -0.25) is 9.59 Å². The average Bonchev–Trinajstić information content (AvgIpc) is 2.76. The van der Waals surface area contributed by atoms with Crippen LogP contribution in [0.1, 0.15) is 87.9 Å². The summed E-state index contributed by atoms with van der Waals surface area (Å²) in [5, 5.41) is 0. The van der Waals surface area contributed by atoms with Crippen molar-refractivity contribution in [3.8, 4) is 11.5 Å². The van der Waals surface area contributed by atoms with Crippen molar-refractivity contribution in [3.63, 3.8) is 0 Å². The van der Waals surface area contributed by atoms with Crippen LogP contribution in [0.15, 0.2) is 12.1 Å². The number of methoxy groups -OCH3 is 2. The number of ether oxygens (including phenoxy) is 6. The first kappa shape index (κ1) is 30.7. The lowest BCUT2D eigenvalue weighted by Gasteiger charge is -2.20. The highest BCUT2D eigenvalue weighted by molar-refractivity contribution is 5.99. The highest BCUT2D eigenvalue weighted by Crippen LogP contribution is 2.31. The van der Waals surface area contributed by atoms with Crippen LogP contribution < -0.4 is 9.47 Å². The molecule has 0 saturated heterocycles. The molecule has 1 aromatic carbocycles.